The standard InChI is InChI=1S/C30H30F8N2O4S/c31-21-3-5-23(6-4-21)45(42,43)27-11-14-40(26(41)18-9-12-39(13-10-18)22-16-44-17-22)25(27)8-1-19-15-20(2-7-24(19)27)28(32,29(33,34)35)30(36,37)38/h2-7,15,18,22,25H,1,8-14,16-17H2/t25-,27-/m1/s1. The van der Waals surface area contributed by atoms with Crippen molar-refractivity contribution < 1.29 is 53.1 Å². The Labute approximate surface area is 254 Å². The molecule has 0 radical (unpaired) electrons. The zero-order valence-corrected chi connectivity index (χ0v) is 24.6. The minimum Gasteiger partial charge on any atom is -0.378 e. The zero-order valence-electron chi connectivity index (χ0n) is 23.8. The Morgan fingerprint density at radius 2 is 1.49 bits per heavy atom. The molecule has 0 bridgehead atoms. The van der Waals surface area contributed by atoms with Crippen LogP contribution in [0.25, 0.3) is 0 Å². The molecule has 4 aliphatic rings. The molecule has 2 aromatic carbocycles. The summed E-state index contributed by atoms with van der Waals surface area (Å²) < 4.78 is 142. The molecule has 6 nitrogen and oxygen atoms in total. The van der Waals surface area contributed by atoms with Crippen LogP contribution in [0, 0.1) is 11.7 Å². The van der Waals surface area contributed by atoms with Crippen molar-refractivity contribution in [3.63, 3.8) is 0 Å². The van der Waals surface area contributed by atoms with Crippen LogP contribution in [0.4, 0.5) is 35.1 Å². The average Bonchev–Trinajstić information content (AvgIpc) is 3.36. The summed E-state index contributed by atoms with van der Waals surface area (Å²) in [5.41, 5.74) is -7.67. The first-order valence-electron chi connectivity index (χ1n) is 14.6. The maximum absolute atomic E-state index is 15.0. The van der Waals surface area contributed by atoms with Crippen molar-refractivity contribution in [1.82, 2.24) is 9.80 Å². The molecule has 15 heteroatoms. The maximum Gasteiger partial charge on any atom is 0.435 e. The third-order valence-electron chi connectivity index (χ3n) is 9.97. The van der Waals surface area contributed by atoms with Crippen LogP contribution >= 0.6 is 0 Å². The van der Waals surface area contributed by atoms with E-state index in [1.807, 2.05) is 0 Å². The highest BCUT2D eigenvalue weighted by molar-refractivity contribution is 7.92. The molecule has 3 aliphatic heterocycles. The van der Waals surface area contributed by atoms with Crippen LogP contribution in [0.1, 0.15) is 42.4 Å². The fourth-order valence-electron chi connectivity index (χ4n) is 7.50. The quantitative estimate of drug-likeness (QED) is 0.314. The second-order valence-corrected chi connectivity index (χ2v) is 14.4. The summed E-state index contributed by atoms with van der Waals surface area (Å²) in [6, 6.07) is 4.79. The highest BCUT2D eigenvalue weighted by Crippen LogP contribution is 2.57. The van der Waals surface area contributed by atoms with Gasteiger partial charge in [0.1, 0.15) is 10.6 Å². The number of ether oxygens (including phenoxy) is 1. The minimum absolute atomic E-state index is 0.0278. The van der Waals surface area contributed by atoms with E-state index in [0.717, 1.165) is 30.3 Å². The number of hydrogen-bond donors (Lipinski definition) is 0. The molecule has 3 saturated heterocycles. The van der Waals surface area contributed by atoms with E-state index >= 15 is 4.39 Å². The number of piperidine rings is 1. The molecular formula is C30H30F8N2O4S. The molecule has 2 aromatic rings. The number of fused-ring (bicyclic) bond motifs is 3. The number of aryl methyl sites for hydroxylation is 1. The molecular weight excluding hydrogens is 636 g/mol. The third kappa shape index (κ3) is 4.86. The van der Waals surface area contributed by atoms with E-state index in [1.165, 1.54) is 4.90 Å². The van der Waals surface area contributed by atoms with Crippen LogP contribution < -0.4 is 0 Å². The number of likely N-dealkylation sites (tertiary alicyclic amines) is 2. The van der Waals surface area contributed by atoms with E-state index in [-0.39, 0.29) is 47.7 Å². The van der Waals surface area contributed by atoms with Crippen LogP contribution in [0.5, 0.6) is 0 Å². The van der Waals surface area contributed by atoms with E-state index in [4.69, 9.17) is 4.74 Å². The molecule has 246 valence electrons. The number of halogens is 8. The van der Waals surface area contributed by atoms with E-state index in [2.05, 4.69) is 4.90 Å². The highest BCUT2D eigenvalue weighted by atomic mass is 32.2. The van der Waals surface area contributed by atoms with Crippen LogP contribution in [0.3, 0.4) is 0 Å². The molecule has 0 N–H and O–H groups in total. The lowest BCUT2D eigenvalue weighted by molar-refractivity contribution is -0.348. The second kappa shape index (κ2) is 10.9. The minimum atomic E-state index is -6.34. The molecule has 0 unspecified atom stereocenters. The van der Waals surface area contributed by atoms with Gasteiger partial charge >= 0.3 is 18.0 Å². The number of rotatable bonds is 5. The third-order valence-corrected chi connectivity index (χ3v) is 12.5. The Hall–Kier alpha value is -2.78. The Morgan fingerprint density at radius 1 is 0.867 bits per heavy atom. The monoisotopic (exact) mass is 666 g/mol. The summed E-state index contributed by atoms with van der Waals surface area (Å²) in [5, 5.41) is 0. The van der Waals surface area contributed by atoms with Gasteiger partial charge in [-0.05, 0) is 80.6 Å². The number of sulfone groups is 1. The van der Waals surface area contributed by atoms with Crippen molar-refractivity contribution in [1.29, 1.82) is 0 Å². The highest BCUT2D eigenvalue weighted by Gasteiger charge is 2.74. The van der Waals surface area contributed by atoms with Gasteiger partial charge in [-0.3, -0.25) is 9.69 Å². The van der Waals surface area contributed by atoms with E-state index < -0.39 is 55.9 Å². The summed E-state index contributed by atoms with van der Waals surface area (Å²) in [6.45, 7) is 2.51. The number of hydrogen-bond acceptors (Lipinski definition) is 5. The van der Waals surface area contributed by atoms with E-state index in [9.17, 15) is 43.9 Å². The summed E-state index contributed by atoms with van der Waals surface area (Å²) in [6.07, 6.45) is -12.1. The first kappa shape index (κ1) is 32.2. The lowest BCUT2D eigenvalue weighted by Crippen LogP contribution is -2.55. The fourth-order valence-corrected chi connectivity index (χ4v) is 9.86. The van der Waals surface area contributed by atoms with Crippen molar-refractivity contribution in [2.75, 3.05) is 32.8 Å². The van der Waals surface area contributed by atoms with Crippen LogP contribution in [-0.4, -0.2) is 81.4 Å². The fraction of sp³-hybridized carbons (Fsp3) is 0.567. The molecule has 0 saturated carbocycles. The average molecular weight is 667 g/mol. The molecule has 1 aliphatic carbocycles. The Morgan fingerprint density at radius 3 is 2.04 bits per heavy atom. The Balaban J connectivity index is 1.41. The van der Waals surface area contributed by atoms with Crippen LogP contribution in [0.15, 0.2) is 47.4 Å². The van der Waals surface area contributed by atoms with Gasteiger partial charge < -0.3 is 9.64 Å². The van der Waals surface area contributed by atoms with Crippen molar-refractivity contribution in [3.05, 3.63) is 65.0 Å². The van der Waals surface area contributed by atoms with Crippen molar-refractivity contribution in [2.24, 2.45) is 5.92 Å². The van der Waals surface area contributed by atoms with Crippen molar-refractivity contribution >= 4 is 15.7 Å². The summed E-state index contributed by atoms with van der Waals surface area (Å²) in [7, 11) is -4.53. The predicted molar refractivity (Wildman–Crippen MR) is 144 cm³/mol. The summed E-state index contributed by atoms with van der Waals surface area (Å²) >= 11 is 0. The van der Waals surface area contributed by atoms with Crippen LogP contribution in [-0.2, 0) is 36.2 Å². The van der Waals surface area contributed by atoms with Gasteiger partial charge in [0.15, 0.2) is 9.84 Å². The van der Waals surface area contributed by atoms with E-state index in [1.54, 1.807) is 0 Å². The van der Waals surface area contributed by atoms with Crippen molar-refractivity contribution in [2.45, 2.75) is 71.9 Å². The SMILES string of the molecule is O=C(C1CCN(C2COC2)CC1)N1CC[C@@]2(S(=O)(=O)c3ccc(F)cc3)c3ccc(C(F)(C(F)(F)F)C(F)(F)F)cc3CC[C@@H]12. The first-order valence-corrected chi connectivity index (χ1v) is 16.1. The molecule has 1 amide bonds. The maximum atomic E-state index is 15.0. The van der Waals surface area contributed by atoms with Gasteiger partial charge in [-0.2, -0.15) is 26.3 Å². The summed E-state index contributed by atoms with van der Waals surface area (Å²) in [4.78, 5) is 17.3. The lowest BCUT2D eigenvalue weighted by Gasteiger charge is -2.45. The molecule has 3 fully saturated rings. The second-order valence-electron chi connectivity index (χ2n) is 12.2. The lowest BCUT2D eigenvalue weighted by atomic mass is 9.76. The number of carbonyl (C=O) groups is 1. The molecule has 0 spiro atoms. The van der Waals surface area contributed by atoms with Gasteiger partial charge in [-0.25, -0.2) is 17.2 Å². The summed E-state index contributed by atoms with van der Waals surface area (Å²) in [5.74, 6) is -1.39. The topological polar surface area (TPSA) is 66.9 Å². The largest absolute Gasteiger partial charge is 0.435 e. The molecule has 2 atom stereocenters. The van der Waals surface area contributed by atoms with Gasteiger partial charge in [0.25, 0.3) is 0 Å². The zero-order chi connectivity index (χ0) is 32.6. The molecule has 3 heterocycles. The van der Waals surface area contributed by atoms with Gasteiger partial charge in [0, 0.05) is 18.0 Å². The number of carbonyl (C=O) groups excluding carboxylic acids is 1. The molecule has 0 aromatic heterocycles. The molecule has 45 heavy (non-hydrogen) atoms. The number of nitrogens with zero attached hydrogens (tertiary/aromatic N) is 2. The van der Waals surface area contributed by atoms with Gasteiger partial charge in [-0.1, -0.05) is 18.2 Å². The van der Waals surface area contributed by atoms with E-state index in [0.29, 0.717) is 57.3 Å². The van der Waals surface area contributed by atoms with Gasteiger partial charge in [0.05, 0.1) is 30.2 Å². The molecule has 6 rings (SSSR count). The van der Waals surface area contributed by atoms with Crippen molar-refractivity contribution in [3.8, 4) is 0 Å². The van der Waals surface area contributed by atoms with Gasteiger partial charge in [0.2, 0.25) is 5.91 Å². The number of benzene rings is 2. The van der Waals surface area contributed by atoms with Gasteiger partial charge in [-0.15, -0.1) is 0 Å². The van der Waals surface area contributed by atoms with Crippen LogP contribution in [0.2, 0.25) is 0 Å². The Kier molecular flexibility index (Phi) is 7.79. The number of amides is 1. The normalized spacial score (nSPS) is 25.5. The Bertz CT molecular complexity index is 1550. The smallest absolute Gasteiger partial charge is 0.378 e. The predicted octanol–water partition coefficient (Wildman–Crippen LogP) is 5.44. The first-order chi connectivity index (χ1) is 21.0. The number of alkyl halides is 7.